The predicted octanol–water partition coefficient (Wildman–Crippen LogP) is 5.07. The summed E-state index contributed by atoms with van der Waals surface area (Å²) in [5.41, 5.74) is 2.48. The lowest BCUT2D eigenvalue weighted by atomic mass is 10.0. The molecule has 2 aromatic rings. The van der Waals surface area contributed by atoms with Gasteiger partial charge in [0, 0.05) is 11.1 Å². The van der Waals surface area contributed by atoms with Gasteiger partial charge in [0.1, 0.15) is 6.04 Å². The lowest BCUT2D eigenvalue weighted by Gasteiger charge is -2.35. The molecule has 32 heavy (non-hydrogen) atoms. The van der Waals surface area contributed by atoms with Gasteiger partial charge < -0.3 is 4.90 Å². The van der Waals surface area contributed by atoms with E-state index >= 15 is 0 Å². The first-order valence-electron chi connectivity index (χ1n) is 11.4. The number of hydrogen-bond donors (Lipinski definition) is 0. The summed E-state index contributed by atoms with van der Waals surface area (Å²) in [6.07, 6.45) is 6.32. The van der Waals surface area contributed by atoms with Crippen LogP contribution < -0.4 is 4.90 Å². The normalized spacial score (nSPS) is 19.8. The maximum Gasteiger partial charge on any atom is 0.257 e. The van der Waals surface area contributed by atoms with Crippen molar-refractivity contribution in [3.63, 3.8) is 0 Å². The first-order valence-corrected chi connectivity index (χ1v) is 11.8. The van der Waals surface area contributed by atoms with Crippen LogP contribution in [0.4, 0.5) is 5.69 Å². The maximum atomic E-state index is 13.5. The van der Waals surface area contributed by atoms with E-state index in [1.807, 2.05) is 31.2 Å². The summed E-state index contributed by atoms with van der Waals surface area (Å²) in [7, 11) is 0. The summed E-state index contributed by atoms with van der Waals surface area (Å²) in [4.78, 5) is 42.9. The van der Waals surface area contributed by atoms with Crippen molar-refractivity contribution in [3.05, 3.63) is 64.7 Å². The maximum absolute atomic E-state index is 13.5. The minimum atomic E-state index is -0.744. The number of nitrogens with zero attached hydrogens (tertiary/aromatic N) is 2. The van der Waals surface area contributed by atoms with Crippen molar-refractivity contribution in [1.82, 2.24) is 4.90 Å². The van der Waals surface area contributed by atoms with Crippen LogP contribution in [0.15, 0.2) is 48.5 Å². The molecule has 3 amide bonds. The van der Waals surface area contributed by atoms with Crippen molar-refractivity contribution in [3.8, 4) is 0 Å². The Morgan fingerprint density at radius 1 is 0.969 bits per heavy atom. The summed E-state index contributed by atoms with van der Waals surface area (Å²) in [5.74, 6) is -0.648. The Morgan fingerprint density at radius 2 is 1.59 bits per heavy atom. The van der Waals surface area contributed by atoms with Crippen LogP contribution in [0.2, 0.25) is 5.02 Å². The van der Waals surface area contributed by atoms with Gasteiger partial charge in [-0.3, -0.25) is 14.4 Å². The van der Waals surface area contributed by atoms with Gasteiger partial charge in [-0.1, -0.05) is 67.1 Å². The molecule has 4 rings (SSSR count). The Labute approximate surface area is 194 Å². The highest BCUT2D eigenvalue weighted by Crippen LogP contribution is 2.31. The number of imide groups is 1. The number of amides is 3. The van der Waals surface area contributed by atoms with E-state index in [2.05, 4.69) is 0 Å². The zero-order valence-corrected chi connectivity index (χ0v) is 19.2. The largest absolute Gasteiger partial charge is 0.327 e. The monoisotopic (exact) mass is 452 g/mol. The molecule has 2 fully saturated rings. The third-order valence-corrected chi connectivity index (χ3v) is 6.78. The Hall–Kier alpha value is -2.66. The van der Waals surface area contributed by atoms with Crippen LogP contribution in [0.25, 0.3) is 0 Å². The molecule has 0 aromatic heterocycles. The van der Waals surface area contributed by atoms with Gasteiger partial charge in [-0.05, 0) is 49.6 Å². The topological polar surface area (TPSA) is 57.7 Å². The first-order chi connectivity index (χ1) is 15.4. The Kier molecular flexibility index (Phi) is 6.95. The fourth-order valence-corrected chi connectivity index (χ4v) is 4.96. The second-order valence-electron chi connectivity index (χ2n) is 8.87. The van der Waals surface area contributed by atoms with Gasteiger partial charge in [0.05, 0.1) is 18.5 Å². The quantitative estimate of drug-likeness (QED) is 0.469. The average Bonchev–Trinajstić information content (AvgIpc) is 2.94. The Morgan fingerprint density at radius 3 is 2.22 bits per heavy atom. The van der Waals surface area contributed by atoms with E-state index < -0.39 is 6.04 Å². The van der Waals surface area contributed by atoms with Crippen LogP contribution in [-0.2, 0) is 20.8 Å². The van der Waals surface area contributed by atoms with E-state index in [0.29, 0.717) is 10.7 Å². The molecule has 5 nitrogen and oxygen atoms in total. The lowest BCUT2D eigenvalue weighted by Crippen LogP contribution is -2.51. The van der Waals surface area contributed by atoms with Crippen LogP contribution in [0, 0.1) is 6.92 Å². The zero-order chi connectivity index (χ0) is 22.7. The molecule has 1 aliphatic heterocycles. The van der Waals surface area contributed by atoms with Crippen molar-refractivity contribution in [2.24, 2.45) is 0 Å². The molecule has 0 N–H and O–H groups in total. The SMILES string of the molecule is Cc1ccc(N2C(=O)CC(N(C(=O)Cc3ccc(Cl)cc3)C3CCCCCC3)C2=O)cc1. The van der Waals surface area contributed by atoms with Crippen molar-refractivity contribution in [2.45, 2.75) is 70.4 Å². The van der Waals surface area contributed by atoms with Gasteiger partial charge in [0.15, 0.2) is 0 Å². The van der Waals surface area contributed by atoms with Crippen LogP contribution in [0.3, 0.4) is 0 Å². The molecule has 2 aliphatic rings. The number of aryl methyl sites for hydroxylation is 1. The minimum Gasteiger partial charge on any atom is -0.327 e. The summed E-state index contributed by atoms with van der Waals surface area (Å²) >= 11 is 5.99. The predicted molar refractivity (Wildman–Crippen MR) is 126 cm³/mol. The standard InChI is InChI=1S/C26H29ClN2O3/c1-18-8-14-22(15-9-18)29-25(31)17-23(26(29)32)28(21-6-4-2-3-5-7-21)24(30)16-19-10-12-20(27)13-11-19/h8-15,21,23H,2-7,16-17H2,1H3. The molecule has 1 atom stereocenters. The average molecular weight is 453 g/mol. The number of carbonyl (C=O) groups is 3. The van der Waals surface area contributed by atoms with E-state index in [9.17, 15) is 14.4 Å². The third-order valence-electron chi connectivity index (χ3n) is 6.53. The van der Waals surface area contributed by atoms with Gasteiger partial charge >= 0.3 is 0 Å². The zero-order valence-electron chi connectivity index (χ0n) is 18.4. The van der Waals surface area contributed by atoms with Crippen molar-refractivity contribution in [1.29, 1.82) is 0 Å². The highest BCUT2D eigenvalue weighted by molar-refractivity contribution is 6.30. The highest BCUT2D eigenvalue weighted by atomic mass is 35.5. The van der Waals surface area contributed by atoms with Crippen molar-refractivity contribution >= 4 is 35.0 Å². The van der Waals surface area contributed by atoms with Gasteiger partial charge in [0.2, 0.25) is 11.8 Å². The van der Waals surface area contributed by atoms with Crippen molar-refractivity contribution in [2.75, 3.05) is 4.90 Å². The number of carbonyl (C=O) groups excluding carboxylic acids is 3. The Balaban J connectivity index is 1.62. The number of benzene rings is 2. The summed E-state index contributed by atoms with van der Waals surface area (Å²) in [6, 6.07) is 13.8. The lowest BCUT2D eigenvalue weighted by molar-refractivity contribution is -0.140. The fraction of sp³-hybridized carbons (Fsp3) is 0.423. The smallest absolute Gasteiger partial charge is 0.257 e. The van der Waals surface area contributed by atoms with Crippen LogP contribution in [0.1, 0.15) is 56.1 Å². The molecule has 0 bridgehead atoms. The second kappa shape index (κ2) is 9.86. The number of halogens is 1. The van der Waals surface area contributed by atoms with Crippen LogP contribution in [0.5, 0.6) is 0 Å². The van der Waals surface area contributed by atoms with Crippen LogP contribution >= 0.6 is 11.6 Å². The van der Waals surface area contributed by atoms with E-state index in [-0.39, 0.29) is 36.6 Å². The molecule has 168 valence electrons. The number of hydrogen-bond acceptors (Lipinski definition) is 3. The minimum absolute atomic E-state index is 0.0166. The molecule has 2 aromatic carbocycles. The van der Waals surface area contributed by atoms with E-state index in [1.165, 1.54) is 4.90 Å². The molecule has 0 spiro atoms. The molecular weight excluding hydrogens is 424 g/mol. The molecule has 1 saturated heterocycles. The van der Waals surface area contributed by atoms with Crippen LogP contribution in [-0.4, -0.2) is 34.7 Å². The Bertz CT molecular complexity index is 979. The third kappa shape index (κ3) is 4.88. The first kappa shape index (κ1) is 22.5. The van der Waals surface area contributed by atoms with Gasteiger partial charge in [-0.2, -0.15) is 0 Å². The van der Waals surface area contributed by atoms with E-state index in [1.54, 1.807) is 29.2 Å². The fourth-order valence-electron chi connectivity index (χ4n) is 4.83. The molecule has 1 heterocycles. The van der Waals surface area contributed by atoms with E-state index in [0.717, 1.165) is 49.7 Å². The molecule has 1 aliphatic carbocycles. The van der Waals surface area contributed by atoms with E-state index in [4.69, 9.17) is 11.6 Å². The van der Waals surface area contributed by atoms with Gasteiger partial charge in [-0.15, -0.1) is 0 Å². The molecule has 0 radical (unpaired) electrons. The summed E-state index contributed by atoms with van der Waals surface area (Å²) < 4.78 is 0. The number of anilines is 1. The molecule has 1 saturated carbocycles. The molecule has 6 heteroatoms. The molecule has 1 unspecified atom stereocenters. The van der Waals surface area contributed by atoms with Crippen molar-refractivity contribution < 1.29 is 14.4 Å². The second-order valence-corrected chi connectivity index (χ2v) is 9.31. The van der Waals surface area contributed by atoms with Gasteiger partial charge in [-0.25, -0.2) is 4.90 Å². The summed E-state index contributed by atoms with van der Waals surface area (Å²) in [6.45, 7) is 1.96. The molecular formula is C26H29ClN2O3. The van der Waals surface area contributed by atoms with Gasteiger partial charge in [0.25, 0.3) is 5.91 Å². The number of rotatable bonds is 5. The highest BCUT2D eigenvalue weighted by Gasteiger charge is 2.46. The summed E-state index contributed by atoms with van der Waals surface area (Å²) in [5, 5.41) is 0.618.